The number of methoxy groups -OCH3 is 1. The fourth-order valence-electron chi connectivity index (χ4n) is 1.08. The van der Waals surface area contributed by atoms with Crippen molar-refractivity contribution in [1.82, 2.24) is 4.68 Å². The number of nitrogens with zero attached hydrogens (tertiary/aromatic N) is 2. The van der Waals surface area contributed by atoms with Gasteiger partial charge in [0.15, 0.2) is 7.05 Å². The minimum atomic E-state index is -0.304. The van der Waals surface area contributed by atoms with Gasteiger partial charge in [0.1, 0.15) is 0 Å². The van der Waals surface area contributed by atoms with Crippen LogP contribution in [0.2, 0.25) is 0 Å². The van der Waals surface area contributed by atoms with Crippen LogP contribution in [0, 0.1) is 6.92 Å². The molecule has 0 aromatic carbocycles. The monoisotopic (exact) mass is 169 g/mol. The summed E-state index contributed by atoms with van der Waals surface area (Å²) in [5, 5.41) is 0. The van der Waals surface area contributed by atoms with Gasteiger partial charge in [0, 0.05) is 6.07 Å². The predicted molar refractivity (Wildman–Crippen MR) is 42.7 cm³/mol. The van der Waals surface area contributed by atoms with Crippen molar-refractivity contribution >= 4 is 5.97 Å². The fraction of sp³-hybridized carbons (Fsp3) is 0.500. The summed E-state index contributed by atoms with van der Waals surface area (Å²) in [4.78, 5) is 11.1. The Kier molecular flexibility index (Phi) is 2.17. The zero-order valence-corrected chi connectivity index (χ0v) is 7.79. The first-order valence-corrected chi connectivity index (χ1v) is 3.69. The van der Waals surface area contributed by atoms with Gasteiger partial charge in [0.05, 0.1) is 19.9 Å². The molecule has 1 heterocycles. The smallest absolute Gasteiger partial charge is 0.405 e. The van der Waals surface area contributed by atoms with E-state index < -0.39 is 0 Å². The Balaban J connectivity index is 3.17. The van der Waals surface area contributed by atoms with Crippen molar-refractivity contribution < 1.29 is 14.2 Å². The van der Waals surface area contributed by atoms with E-state index in [1.807, 2.05) is 25.7 Å². The molecule has 0 atom stereocenters. The standard InChI is InChI=1S/C8H13N2O2/c1-6-5-7(8(11)12-4)10(3)9(6)2/h5H,1-4H3/q+1. The summed E-state index contributed by atoms with van der Waals surface area (Å²) < 4.78 is 8.24. The summed E-state index contributed by atoms with van der Waals surface area (Å²) in [7, 11) is 5.09. The molecule has 4 heteroatoms. The van der Waals surface area contributed by atoms with Crippen LogP contribution in [-0.2, 0) is 18.8 Å². The van der Waals surface area contributed by atoms with Crippen molar-refractivity contribution in [2.24, 2.45) is 14.1 Å². The number of esters is 1. The van der Waals surface area contributed by atoms with Gasteiger partial charge in [0.2, 0.25) is 0 Å². The van der Waals surface area contributed by atoms with E-state index in [-0.39, 0.29) is 5.97 Å². The molecule has 1 rings (SSSR count). The molecule has 0 unspecified atom stereocenters. The molecule has 0 bridgehead atoms. The maximum absolute atomic E-state index is 11.1. The molecule has 0 spiro atoms. The highest BCUT2D eigenvalue weighted by Crippen LogP contribution is 1.99. The fourth-order valence-corrected chi connectivity index (χ4v) is 1.08. The van der Waals surface area contributed by atoms with Crippen LogP contribution in [0.25, 0.3) is 0 Å². The minimum absolute atomic E-state index is 0.304. The zero-order valence-electron chi connectivity index (χ0n) is 7.79. The number of rotatable bonds is 1. The quantitative estimate of drug-likeness (QED) is 0.436. The van der Waals surface area contributed by atoms with E-state index in [0.717, 1.165) is 5.69 Å². The van der Waals surface area contributed by atoms with Crippen LogP contribution < -0.4 is 4.68 Å². The van der Waals surface area contributed by atoms with E-state index in [0.29, 0.717) is 5.69 Å². The van der Waals surface area contributed by atoms with Gasteiger partial charge in [-0.15, -0.1) is 4.68 Å². The van der Waals surface area contributed by atoms with Crippen LogP contribution in [0.1, 0.15) is 16.2 Å². The van der Waals surface area contributed by atoms with Crippen molar-refractivity contribution in [2.75, 3.05) is 7.11 Å². The number of carbonyl (C=O) groups is 1. The van der Waals surface area contributed by atoms with Gasteiger partial charge in [-0.1, -0.05) is 0 Å². The summed E-state index contributed by atoms with van der Waals surface area (Å²) in [6.07, 6.45) is 0. The largest absolute Gasteiger partial charge is 0.461 e. The van der Waals surface area contributed by atoms with Crippen molar-refractivity contribution in [3.8, 4) is 0 Å². The summed E-state index contributed by atoms with van der Waals surface area (Å²) >= 11 is 0. The molecular formula is C8H13N2O2+. The molecular weight excluding hydrogens is 156 g/mol. The molecule has 0 amide bonds. The third-order valence-electron chi connectivity index (χ3n) is 2.05. The number of carbonyl (C=O) groups excluding carboxylic acids is 1. The van der Waals surface area contributed by atoms with E-state index in [1.165, 1.54) is 7.11 Å². The lowest BCUT2D eigenvalue weighted by atomic mass is 10.4. The molecule has 1 aromatic rings. The molecule has 0 saturated carbocycles. The van der Waals surface area contributed by atoms with Crippen LogP contribution >= 0.6 is 0 Å². The second-order valence-corrected chi connectivity index (χ2v) is 2.71. The van der Waals surface area contributed by atoms with Crippen LogP contribution in [0.4, 0.5) is 0 Å². The van der Waals surface area contributed by atoms with Gasteiger partial charge in [0.25, 0.3) is 0 Å². The van der Waals surface area contributed by atoms with E-state index in [4.69, 9.17) is 0 Å². The van der Waals surface area contributed by atoms with Gasteiger partial charge in [-0.3, -0.25) is 0 Å². The molecule has 1 aromatic heterocycles. The normalized spacial score (nSPS) is 10.0. The van der Waals surface area contributed by atoms with Crippen molar-refractivity contribution in [3.05, 3.63) is 17.5 Å². The van der Waals surface area contributed by atoms with Crippen LogP contribution in [-0.4, -0.2) is 17.8 Å². The molecule has 0 aliphatic rings. The molecule has 4 nitrogen and oxygen atoms in total. The first kappa shape index (κ1) is 8.77. The second-order valence-electron chi connectivity index (χ2n) is 2.71. The molecule has 66 valence electrons. The van der Waals surface area contributed by atoms with Crippen molar-refractivity contribution in [2.45, 2.75) is 6.92 Å². The van der Waals surface area contributed by atoms with E-state index in [9.17, 15) is 4.79 Å². The average Bonchev–Trinajstić information content (AvgIpc) is 2.32. The summed E-state index contributed by atoms with van der Waals surface area (Å²) in [5.74, 6) is -0.304. The number of aromatic nitrogens is 2. The van der Waals surface area contributed by atoms with Gasteiger partial charge in [-0.2, -0.15) is 4.68 Å². The molecule has 0 fully saturated rings. The highest BCUT2D eigenvalue weighted by atomic mass is 16.5. The summed E-state index contributed by atoms with van der Waals surface area (Å²) in [6, 6.07) is 1.80. The lowest BCUT2D eigenvalue weighted by molar-refractivity contribution is -0.753. The highest BCUT2D eigenvalue weighted by Gasteiger charge is 2.22. The molecule has 12 heavy (non-hydrogen) atoms. The lowest BCUT2D eigenvalue weighted by Gasteiger charge is -1.93. The average molecular weight is 169 g/mol. The molecule has 0 aliphatic carbocycles. The third kappa shape index (κ3) is 1.20. The van der Waals surface area contributed by atoms with Crippen molar-refractivity contribution in [3.63, 3.8) is 0 Å². The lowest BCUT2D eigenvalue weighted by Crippen LogP contribution is -2.42. The Morgan fingerprint density at radius 2 is 2.25 bits per heavy atom. The summed E-state index contributed by atoms with van der Waals surface area (Å²) in [6.45, 7) is 1.94. The number of aryl methyl sites for hydroxylation is 1. The summed E-state index contributed by atoms with van der Waals surface area (Å²) in [5.41, 5.74) is 1.59. The van der Waals surface area contributed by atoms with E-state index >= 15 is 0 Å². The van der Waals surface area contributed by atoms with Gasteiger partial charge in [-0.05, 0) is 6.92 Å². The zero-order chi connectivity index (χ0) is 9.30. The van der Waals surface area contributed by atoms with Crippen molar-refractivity contribution in [1.29, 1.82) is 0 Å². The number of ether oxygens (including phenoxy) is 1. The number of hydrogen-bond donors (Lipinski definition) is 0. The Hall–Kier alpha value is -1.32. The second kappa shape index (κ2) is 2.97. The Labute approximate surface area is 71.3 Å². The number of hydrogen-bond acceptors (Lipinski definition) is 2. The first-order valence-electron chi connectivity index (χ1n) is 3.69. The van der Waals surface area contributed by atoms with Gasteiger partial charge in [-0.25, -0.2) is 4.79 Å². The van der Waals surface area contributed by atoms with Gasteiger partial charge >= 0.3 is 11.7 Å². The van der Waals surface area contributed by atoms with Gasteiger partial charge < -0.3 is 4.74 Å². The highest BCUT2D eigenvalue weighted by molar-refractivity contribution is 5.85. The van der Waals surface area contributed by atoms with Crippen LogP contribution in [0.15, 0.2) is 6.07 Å². The molecule has 0 aliphatic heterocycles. The maximum atomic E-state index is 11.1. The molecule has 0 saturated heterocycles. The Morgan fingerprint density at radius 3 is 2.58 bits per heavy atom. The molecule has 0 radical (unpaired) electrons. The van der Waals surface area contributed by atoms with Crippen LogP contribution in [0.3, 0.4) is 0 Å². The first-order chi connectivity index (χ1) is 5.57. The van der Waals surface area contributed by atoms with E-state index in [1.54, 1.807) is 10.7 Å². The predicted octanol–water partition coefficient (Wildman–Crippen LogP) is -0.0554. The minimum Gasteiger partial charge on any atom is -0.461 e. The Bertz CT molecular complexity index is 315. The van der Waals surface area contributed by atoms with Crippen LogP contribution in [0.5, 0.6) is 0 Å². The Morgan fingerprint density at radius 1 is 1.67 bits per heavy atom. The van der Waals surface area contributed by atoms with E-state index in [2.05, 4.69) is 4.74 Å². The SMILES string of the molecule is COC(=O)c1cc(C)n(C)[n+]1C. The topological polar surface area (TPSA) is 35.1 Å². The maximum Gasteiger partial charge on any atom is 0.405 e. The third-order valence-corrected chi connectivity index (χ3v) is 2.05. The molecule has 0 N–H and O–H groups in total.